The standard InChI is InChI=1S/C15H22O/c1-14(2,3)10-12-4-6-13(7-5-12)11-15(16)8-9-15/h4-7,16H,8-11H2,1-3H3. The van der Waals surface area contributed by atoms with Gasteiger partial charge >= 0.3 is 0 Å². The van der Waals surface area contributed by atoms with Gasteiger partial charge in [-0.3, -0.25) is 0 Å². The Morgan fingerprint density at radius 2 is 1.56 bits per heavy atom. The van der Waals surface area contributed by atoms with Crippen molar-refractivity contribution >= 4 is 0 Å². The molecule has 1 heteroatoms. The van der Waals surface area contributed by atoms with Crippen molar-refractivity contribution in [1.82, 2.24) is 0 Å². The van der Waals surface area contributed by atoms with Gasteiger partial charge in [-0.05, 0) is 35.8 Å². The van der Waals surface area contributed by atoms with Crippen LogP contribution in [0.25, 0.3) is 0 Å². The Labute approximate surface area is 98.5 Å². The number of benzene rings is 1. The minimum atomic E-state index is -0.370. The van der Waals surface area contributed by atoms with E-state index in [9.17, 15) is 5.11 Å². The normalized spacial score (nSPS) is 18.5. The van der Waals surface area contributed by atoms with Gasteiger partial charge in [0.05, 0.1) is 5.60 Å². The fraction of sp³-hybridized carbons (Fsp3) is 0.600. The van der Waals surface area contributed by atoms with E-state index in [1.807, 2.05) is 0 Å². The van der Waals surface area contributed by atoms with Crippen LogP contribution in [-0.4, -0.2) is 10.7 Å². The predicted octanol–water partition coefficient (Wildman–Crippen LogP) is 3.34. The third-order valence-electron chi connectivity index (χ3n) is 3.12. The predicted molar refractivity (Wildman–Crippen MR) is 67.5 cm³/mol. The Balaban J connectivity index is 1.99. The molecular weight excluding hydrogens is 196 g/mol. The zero-order chi connectivity index (χ0) is 11.8. The van der Waals surface area contributed by atoms with E-state index < -0.39 is 0 Å². The Morgan fingerprint density at radius 1 is 1.06 bits per heavy atom. The summed E-state index contributed by atoms with van der Waals surface area (Å²) in [6, 6.07) is 8.73. The molecule has 0 radical (unpaired) electrons. The van der Waals surface area contributed by atoms with Gasteiger partial charge in [-0.25, -0.2) is 0 Å². The van der Waals surface area contributed by atoms with E-state index in [4.69, 9.17) is 0 Å². The van der Waals surface area contributed by atoms with Crippen molar-refractivity contribution in [3.63, 3.8) is 0 Å². The molecule has 0 aromatic heterocycles. The molecule has 0 aliphatic heterocycles. The second kappa shape index (κ2) is 3.89. The van der Waals surface area contributed by atoms with E-state index in [-0.39, 0.29) is 5.60 Å². The van der Waals surface area contributed by atoms with Crippen LogP contribution < -0.4 is 0 Å². The van der Waals surface area contributed by atoms with Crippen molar-refractivity contribution in [1.29, 1.82) is 0 Å². The average molecular weight is 218 g/mol. The smallest absolute Gasteiger partial charge is 0.0690 e. The fourth-order valence-corrected chi connectivity index (χ4v) is 2.09. The molecule has 1 N–H and O–H groups in total. The first-order chi connectivity index (χ1) is 7.36. The van der Waals surface area contributed by atoms with Crippen LogP contribution in [-0.2, 0) is 12.8 Å². The van der Waals surface area contributed by atoms with Gasteiger partial charge in [0.1, 0.15) is 0 Å². The van der Waals surface area contributed by atoms with Crippen LogP contribution in [0.4, 0.5) is 0 Å². The van der Waals surface area contributed by atoms with Gasteiger partial charge in [-0.15, -0.1) is 0 Å². The van der Waals surface area contributed by atoms with Gasteiger partial charge in [0.2, 0.25) is 0 Å². The maximum absolute atomic E-state index is 9.84. The van der Waals surface area contributed by atoms with Crippen molar-refractivity contribution in [2.24, 2.45) is 5.41 Å². The van der Waals surface area contributed by atoms with Crippen molar-refractivity contribution in [2.45, 2.75) is 52.1 Å². The third-order valence-corrected chi connectivity index (χ3v) is 3.12. The lowest BCUT2D eigenvalue weighted by Gasteiger charge is -2.18. The maximum atomic E-state index is 9.84. The average Bonchev–Trinajstić information content (AvgIpc) is 2.85. The quantitative estimate of drug-likeness (QED) is 0.825. The van der Waals surface area contributed by atoms with E-state index in [1.54, 1.807) is 0 Å². The SMILES string of the molecule is CC(C)(C)Cc1ccc(CC2(O)CC2)cc1. The molecule has 0 bridgehead atoms. The zero-order valence-corrected chi connectivity index (χ0v) is 10.6. The molecule has 0 spiro atoms. The summed E-state index contributed by atoms with van der Waals surface area (Å²) in [7, 11) is 0. The van der Waals surface area contributed by atoms with Gasteiger partial charge in [0, 0.05) is 6.42 Å². The van der Waals surface area contributed by atoms with E-state index >= 15 is 0 Å². The number of aliphatic hydroxyl groups is 1. The monoisotopic (exact) mass is 218 g/mol. The first-order valence-corrected chi connectivity index (χ1v) is 6.17. The van der Waals surface area contributed by atoms with Gasteiger partial charge in [-0.2, -0.15) is 0 Å². The molecule has 1 saturated carbocycles. The lowest BCUT2D eigenvalue weighted by Crippen LogP contribution is -2.11. The van der Waals surface area contributed by atoms with E-state index in [1.165, 1.54) is 11.1 Å². The highest BCUT2D eigenvalue weighted by molar-refractivity contribution is 5.25. The number of hydrogen-bond acceptors (Lipinski definition) is 1. The van der Waals surface area contributed by atoms with Gasteiger partial charge in [0.25, 0.3) is 0 Å². The summed E-state index contributed by atoms with van der Waals surface area (Å²) in [4.78, 5) is 0. The molecule has 1 aromatic rings. The molecule has 1 aliphatic rings. The molecule has 1 nitrogen and oxygen atoms in total. The number of hydrogen-bond donors (Lipinski definition) is 1. The van der Waals surface area contributed by atoms with Crippen LogP contribution in [0.1, 0.15) is 44.7 Å². The molecule has 1 aromatic carbocycles. The molecule has 0 amide bonds. The Bertz CT molecular complexity index is 326. The molecule has 0 saturated heterocycles. The summed E-state index contributed by atoms with van der Waals surface area (Å²) in [6.45, 7) is 6.77. The second-order valence-corrected chi connectivity index (χ2v) is 6.46. The van der Waals surface area contributed by atoms with E-state index in [0.717, 1.165) is 25.7 Å². The topological polar surface area (TPSA) is 20.2 Å². The van der Waals surface area contributed by atoms with Crippen LogP contribution in [0.3, 0.4) is 0 Å². The second-order valence-electron chi connectivity index (χ2n) is 6.46. The summed E-state index contributed by atoms with van der Waals surface area (Å²) >= 11 is 0. The summed E-state index contributed by atoms with van der Waals surface area (Å²) in [5.74, 6) is 0. The van der Waals surface area contributed by atoms with Crippen molar-refractivity contribution in [3.05, 3.63) is 35.4 Å². The molecular formula is C15H22O. The molecule has 1 aliphatic carbocycles. The van der Waals surface area contributed by atoms with Gasteiger partial charge in [-0.1, -0.05) is 45.0 Å². The summed E-state index contributed by atoms with van der Waals surface area (Å²) in [5, 5.41) is 9.84. The molecule has 16 heavy (non-hydrogen) atoms. The van der Waals surface area contributed by atoms with Crippen LogP contribution >= 0.6 is 0 Å². The van der Waals surface area contributed by atoms with E-state index in [0.29, 0.717) is 5.41 Å². The molecule has 2 rings (SSSR count). The Morgan fingerprint density at radius 3 is 2.00 bits per heavy atom. The van der Waals surface area contributed by atoms with Crippen molar-refractivity contribution < 1.29 is 5.11 Å². The Kier molecular flexibility index (Phi) is 2.83. The largest absolute Gasteiger partial charge is 0.390 e. The molecule has 0 unspecified atom stereocenters. The molecule has 1 fully saturated rings. The first-order valence-electron chi connectivity index (χ1n) is 6.17. The lowest BCUT2D eigenvalue weighted by atomic mass is 9.88. The molecule has 0 heterocycles. The number of rotatable bonds is 3. The van der Waals surface area contributed by atoms with Crippen LogP contribution in [0.5, 0.6) is 0 Å². The third kappa shape index (κ3) is 3.34. The lowest BCUT2D eigenvalue weighted by molar-refractivity contribution is 0.151. The first kappa shape index (κ1) is 11.7. The highest BCUT2D eigenvalue weighted by Gasteiger charge is 2.39. The fourth-order valence-electron chi connectivity index (χ4n) is 2.09. The van der Waals surface area contributed by atoms with Crippen LogP contribution in [0.2, 0.25) is 0 Å². The van der Waals surface area contributed by atoms with Crippen molar-refractivity contribution in [3.8, 4) is 0 Å². The zero-order valence-electron chi connectivity index (χ0n) is 10.6. The summed E-state index contributed by atoms with van der Waals surface area (Å²) in [5.41, 5.74) is 2.62. The van der Waals surface area contributed by atoms with Crippen molar-refractivity contribution in [2.75, 3.05) is 0 Å². The minimum Gasteiger partial charge on any atom is -0.390 e. The maximum Gasteiger partial charge on any atom is 0.0690 e. The summed E-state index contributed by atoms with van der Waals surface area (Å²) < 4.78 is 0. The summed E-state index contributed by atoms with van der Waals surface area (Å²) in [6.07, 6.45) is 3.87. The van der Waals surface area contributed by atoms with Gasteiger partial charge < -0.3 is 5.11 Å². The Hall–Kier alpha value is -0.820. The van der Waals surface area contributed by atoms with Crippen LogP contribution in [0, 0.1) is 5.41 Å². The highest BCUT2D eigenvalue weighted by Crippen LogP contribution is 2.38. The molecule has 88 valence electrons. The minimum absolute atomic E-state index is 0.343. The molecule has 0 atom stereocenters. The van der Waals surface area contributed by atoms with Gasteiger partial charge in [0.15, 0.2) is 0 Å². The van der Waals surface area contributed by atoms with E-state index in [2.05, 4.69) is 45.0 Å². The van der Waals surface area contributed by atoms with Crippen LogP contribution in [0.15, 0.2) is 24.3 Å². The highest BCUT2D eigenvalue weighted by atomic mass is 16.3.